The number of fused-ring (bicyclic) bond motifs is 3. The highest BCUT2D eigenvalue weighted by atomic mass is 16.5. The highest BCUT2D eigenvalue weighted by Gasteiger charge is 2.42. The first-order valence-corrected chi connectivity index (χ1v) is 7.46. The van der Waals surface area contributed by atoms with Gasteiger partial charge in [0, 0.05) is 28.4 Å². The molecule has 1 atom stereocenters. The fourth-order valence-corrected chi connectivity index (χ4v) is 3.37. The molecule has 4 heterocycles. The molecule has 0 bridgehead atoms. The maximum atomic E-state index is 11.5. The summed E-state index contributed by atoms with van der Waals surface area (Å²) in [4.78, 5) is 13.4. The Bertz CT molecular complexity index is 1080. The zero-order valence-corrected chi connectivity index (χ0v) is 12.4. The van der Waals surface area contributed by atoms with Gasteiger partial charge < -0.3 is 14.7 Å². The molecule has 1 aromatic rings. The number of benzene rings is 1. The number of rotatable bonds is 1. The molecule has 0 radical (unpaired) electrons. The van der Waals surface area contributed by atoms with Gasteiger partial charge in [0.05, 0.1) is 5.69 Å². The van der Waals surface area contributed by atoms with Crippen molar-refractivity contribution in [3.63, 3.8) is 0 Å². The van der Waals surface area contributed by atoms with Crippen molar-refractivity contribution in [3.8, 4) is 5.75 Å². The Labute approximate surface area is 136 Å². The van der Waals surface area contributed by atoms with E-state index in [2.05, 4.69) is 10.2 Å². The van der Waals surface area contributed by atoms with Gasteiger partial charge in [-0.1, -0.05) is 12.2 Å². The van der Waals surface area contributed by atoms with E-state index in [1.165, 1.54) is 0 Å². The van der Waals surface area contributed by atoms with Crippen LogP contribution in [-0.2, 0) is 4.79 Å². The number of hydrogen-bond donors (Lipinski definition) is 1. The zero-order valence-electron chi connectivity index (χ0n) is 12.4. The van der Waals surface area contributed by atoms with Crippen LogP contribution in [0.4, 0.5) is 5.69 Å². The SMILES string of the molecule is O=C(O)C1=c2c(ccc3c2=CC2=CC=CN4C=CC=CC24O3)N=N1. The summed E-state index contributed by atoms with van der Waals surface area (Å²) in [5.74, 6) is -0.489. The van der Waals surface area contributed by atoms with Crippen molar-refractivity contribution in [1.82, 2.24) is 4.90 Å². The molecule has 0 saturated heterocycles. The Hall–Kier alpha value is -3.41. The van der Waals surface area contributed by atoms with Gasteiger partial charge in [-0.15, -0.1) is 10.2 Å². The molecule has 5 rings (SSSR count). The Morgan fingerprint density at radius 1 is 1.17 bits per heavy atom. The Balaban J connectivity index is 1.84. The van der Waals surface area contributed by atoms with Gasteiger partial charge in [-0.25, -0.2) is 4.79 Å². The Kier molecular flexibility index (Phi) is 2.35. The Morgan fingerprint density at radius 3 is 2.92 bits per heavy atom. The molecule has 6 heteroatoms. The summed E-state index contributed by atoms with van der Waals surface area (Å²) < 4.78 is 6.33. The normalized spacial score (nSPS) is 24.4. The molecular formula is C18H11N3O3. The molecular weight excluding hydrogens is 306 g/mol. The predicted octanol–water partition coefficient (Wildman–Crippen LogP) is 1.69. The average Bonchev–Trinajstić information content (AvgIpc) is 3.03. The van der Waals surface area contributed by atoms with Gasteiger partial charge in [0.15, 0.2) is 5.70 Å². The van der Waals surface area contributed by atoms with Gasteiger partial charge in [0.1, 0.15) is 5.75 Å². The van der Waals surface area contributed by atoms with Crippen molar-refractivity contribution in [3.05, 3.63) is 70.9 Å². The molecule has 6 nitrogen and oxygen atoms in total. The monoisotopic (exact) mass is 317 g/mol. The number of carboxylic acids is 1. The standard InChI is InChI=1S/C18H11N3O3/c22-17(23)16-15-12-10-11-4-3-9-21-8-2-1-7-18(11,21)24-14(12)6-5-13(15)19-20-16/h1-10H,(H,22,23). The second-order valence-corrected chi connectivity index (χ2v) is 5.74. The van der Waals surface area contributed by atoms with Crippen molar-refractivity contribution in [2.45, 2.75) is 5.72 Å². The van der Waals surface area contributed by atoms with Crippen LogP contribution in [0.1, 0.15) is 0 Å². The highest BCUT2D eigenvalue weighted by molar-refractivity contribution is 6.09. The first kappa shape index (κ1) is 13.1. The van der Waals surface area contributed by atoms with E-state index in [1.54, 1.807) is 6.07 Å². The van der Waals surface area contributed by atoms with Crippen LogP contribution in [-0.4, -0.2) is 21.7 Å². The number of allylic oxidation sites excluding steroid dienone is 4. The van der Waals surface area contributed by atoms with Crippen LogP contribution in [0.2, 0.25) is 0 Å². The van der Waals surface area contributed by atoms with Crippen molar-refractivity contribution in [2.75, 3.05) is 0 Å². The van der Waals surface area contributed by atoms with Crippen LogP contribution in [0.5, 0.6) is 5.75 Å². The molecule has 0 aromatic heterocycles. The number of hydrogen-bond acceptors (Lipinski definition) is 5. The number of nitrogens with zero attached hydrogens (tertiary/aromatic N) is 3. The van der Waals surface area contributed by atoms with E-state index in [4.69, 9.17) is 4.74 Å². The highest BCUT2D eigenvalue weighted by Crippen LogP contribution is 2.38. The maximum absolute atomic E-state index is 11.5. The van der Waals surface area contributed by atoms with Gasteiger partial charge in [-0.3, -0.25) is 0 Å². The molecule has 0 fully saturated rings. The van der Waals surface area contributed by atoms with Gasteiger partial charge in [0.2, 0.25) is 5.72 Å². The molecule has 1 aromatic carbocycles. The lowest BCUT2D eigenvalue weighted by Crippen LogP contribution is -2.53. The molecule has 4 aliphatic heterocycles. The molecule has 116 valence electrons. The number of carboxylic acid groups (broad SMARTS) is 1. The third-order valence-electron chi connectivity index (χ3n) is 4.45. The molecule has 1 spiro atoms. The number of aliphatic carboxylic acids is 1. The van der Waals surface area contributed by atoms with Crippen molar-refractivity contribution in [2.24, 2.45) is 10.2 Å². The van der Waals surface area contributed by atoms with E-state index in [9.17, 15) is 9.90 Å². The molecule has 1 unspecified atom stereocenters. The van der Waals surface area contributed by atoms with E-state index < -0.39 is 11.7 Å². The third-order valence-corrected chi connectivity index (χ3v) is 4.45. The minimum Gasteiger partial charge on any atom is -0.476 e. The summed E-state index contributed by atoms with van der Waals surface area (Å²) in [6.07, 6.45) is 15.6. The number of carbonyl (C=O) groups is 1. The molecule has 0 saturated carbocycles. The molecule has 0 amide bonds. The zero-order chi connectivity index (χ0) is 16.3. The average molecular weight is 317 g/mol. The minimum atomic E-state index is -1.10. The number of ether oxygens (including phenoxy) is 1. The van der Waals surface area contributed by atoms with Gasteiger partial charge >= 0.3 is 5.97 Å². The molecule has 4 aliphatic rings. The topological polar surface area (TPSA) is 74.5 Å². The van der Waals surface area contributed by atoms with Crippen LogP contribution >= 0.6 is 0 Å². The summed E-state index contributed by atoms with van der Waals surface area (Å²) in [5.41, 5.74) is 0.676. The second kappa shape index (κ2) is 4.32. The van der Waals surface area contributed by atoms with Crippen LogP contribution in [0.15, 0.2) is 70.7 Å². The quantitative estimate of drug-likeness (QED) is 0.855. The van der Waals surface area contributed by atoms with Gasteiger partial charge in [0.25, 0.3) is 0 Å². The van der Waals surface area contributed by atoms with Crippen LogP contribution in [0.25, 0.3) is 11.8 Å². The smallest absolute Gasteiger partial charge is 0.357 e. The molecule has 1 N–H and O–H groups in total. The second-order valence-electron chi connectivity index (χ2n) is 5.74. The van der Waals surface area contributed by atoms with Crippen molar-refractivity contribution < 1.29 is 14.6 Å². The minimum absolute atomic E-state index is 0.0551. The van der Waals surface area contributed by atoms with Crippen LogP contribution in [0, 0.1) is 0 Å². The van der Waals surface area contributed by atoms with Crippen molar-refractivity contribution >= 4 is 23.4 Å². The van der Waals surface area contributed by atoms with E-state index in [0.717, 1.165) is 5.57 Å². The maximum Gasteiger partial charge on any atom is 0.357 e. The largest absolute Gasteiger partial charge is 0.476 e. The van der Waals surface area contributed by atoms with Crippen LogP contribution < -0.4 is 15.2 Å². The van der Waals surface area contributed by atoms with Crippen LogP contribution in [0.3, 0.4) is 0 Å². The fraction of sp³-hybridized carbons (Fsp3) is 0.0556. The summed E-state index contributed by atoms with van der Waals surface area (Å²) in [6, 6.07) is 3.54. The molecule has 0 aliphatic carbocycles. The summed E-state index contributed by atoms with van der Waals surface area (Å²) in [7, 11) is 0. The molecule has 24 heavy (non-hydrogen) atoms. The fourth-order valence-electron chi connectivity index (χ4n) is 3.37. The lowest BCUT2D eigenvalue weighted by Gasteiger charge is -2.44. The lowest BCUT2D eigenvalue weighted by atomic mass is 9.91. The summed E-state index contributed by atoms with van der Waals surface area (Å²) >= 11 is 0. The van der Waals surface area contributed by atoms with E-state index in [0.29, 0.717) is 21.9 Å². The van der Waals surface area contributed by atoms with Crippen molar-refractivity contribution in [1.29, 1.82) is 0 Å². The van der Waals surface area contributed by atoms with E-state index in [-0.39, 0.29) is 5.70 Å². The lowest BCUT2D eigenvalue weighted by molar-refractivity contribution is -0.130. The van der Waals surface area contributed by atoms with E-state index in [1.807, 2.05) is 59.8 Å². The Morgan fingerprint density at radius 2 is 2.04 bits per heavy atom. The van der Waals surface area contributed by atoms with Gasteiger partial charge in [-0.2, -0.15) is 0 Å². The predicted molar refractivity (Wildman–Crippen MR) is 86.4 cm³/mol. The number of azo groups is 1. The third kappa shape index (κ3) is 1.52. The van der Waals surface area contributed by atoms with Gasteiger partial charge in [-0.05, 0) is 36.4 Å². The summed E-state index contributed by atoms with van der Waals surface area (Å²) in [6.45, 7) is 0. The summed E-state index contributed by atoms with van der Waals surface area (Å²) in [5, 5.41) is 18.3. The van der Waals surface area contributed by atoms with E-state index >= 15 is 0 Å². The first-order chi connectivity index (χ1) is 11.7. The first-order valence-electron chi connectivity index (χ1n) is 7.46.